The van der Waals surface area contributed by atoms with Gasteiger partial charge < -0.3 is 19.3 Å². The number of carbonyl (C=O) groups excluding carboxylic acids is 2. The fourth-order valence-corrected chi connectivity index (χ4v) is 3.19. The number of phenols is 1. The maximum Gasteiger partial charge on any atom is 0.349 e. The standard InChI is InChI=1S/C13H21N5O2.C9H8O4/c1-5-17(6-2)7-8-18-9-14-11-10(18)12(19)16(4)13(20)15(11)3;1-6(10)13-9(12)7-4-2-3-5-8(7)11/h9H,5-8H2,1-4H3;2-5,11H,1H3. The molecule has 0 saturated heterocycles. The summed E-state index contributed by atoms with van der Waals surface area (Å²) < 4.78 is 8.64. The lowest BCUT2D eigenvalue weighted by molar-refractivity contribution is -0.135. The molecule has 0 spiro atoms. The van der Waals surface area contributed by atoms with E-state index in [4.69, 9.17) is 0 Å². The van der Waals surface area contributed by atoms with E-state index in [0.29, 0.717) is 17.7 Å². The number of para-hydroxylation sites is 1. The van der Waals surface area contributed by atoms with Gasteiger partial charge in [0.05, 0.1) is 6.33 Å². The van der Waals surface area contributed by atoms with Gasteiger partial charge in [0.2, 0.25) is 0 Å². The summed E-state index contributed by atoms with van der Waals surface area (Å²) >= 11 is 0. The first-order valence-electron chi connectivity index (χ1n) is 10.5. The van der Waals surface area contributed by atoms with E-state index in [9.17, 15) is 24.3 Å². The lowest BCUT2D eigenvalue weighted by Crippen LogP contribution is -2.38. The molecule has 2 aromatic heterocycles. The molecule has 3 rings (SSSR count). The second-order valence-electron chi connectivity index (χ2n) is 7.24. The zero-order valence-electron chi connectivity index (χ0n) is 19.4. The van der Waals surface area contributed by atoms with Gasteiger partial charge in [0.15, 0.2) is 11.2 Å². The van der Waals surface area contributed by atoms with Gasteiger partial charge in [-0.3, -0.25) is 18.7 Å². The Morgan fingerprint density at radius 3 is 2.30 bits per heavy atom. The average molecular weight is 460 g/mol. The highest BCUT2D eigenvalue weighted by atomic mass is 16.6. The Morgan fingerprint density at radius 1 is 1.09 bits per heavy atom. The number of esters is 2. The van der Waals surface area contributed by atoms with E-state index in [0.717, 1.165) is 31.1 Å². The number of hydrogen-bond donors (Lipinski definition) is 1. The van der Waals surface area contributed by atoms with Crippen molar-refractivity contribution in [3.05, 3.63) is 57.0 Å². The third-order valence-corrected chi connectivity index (χ3v) is 5.13. The minimum atomic E-state index is -0.842. The van der Waals surface area contributed by atoms with Crippen molar-refractivity contribution in [3.63, 3.8) is 0 Å². The second kappa shape index (κ2) is 11.2. The van der Waals surface area contributed by atoms with Gasteiger partial charge in [0.1, 0.15) is 11.3 Å². The van der Waals surface area contributed by atoms with Gasteiger partial charge in [-0.1, -0.05) is 26.0 Å². The number of aromatic nitrogens is 4. The molecule has 0 bridgehead atoms. The first-order chi connectivity index (χ1) is 15.6. The Morgan fingerprint density at radius 2 is 1.73 bits per heavy atom. The summed E-state index contributed by atoms with van der Waals surface area (Å²) in [5.74, 6) is -1.74. The Kier molecular flexibility index (Phi) is 8.69. The highest BCUT2D eigenvalue weighted by Crippen LogP contribution is 2.16. The summed E-state index contributed by atoms with van der Waals surface area (Å²) in [6, 6.07) is 5.85. The number of imidazole rings is 1. The maximum absolute atomic E-state index is 12.2. The van der Waals surface area contributed by atoms with Crippen molar-refractivity contribution in [2.45, 2.75) is 27.3 Å². The van der Waals surface area contributed by atoms with Gasteiger partial charge in [-0.15, -0.1) is 0 Å². The van der Waals surface area contributed by atoms with Crippen LogP contribution in [0, 0.1) is 0 Å². The Labute approximate surface area is 190 Å². The van der Waals surface area contributed by atoms with E-state index >= 15 is 0 Å². The fourth-order valence-electron chi connectivity index (χ4n) is 3.19. The molecule has 0 saturated carbocycles. The van der Waals surface area contributed by atoms with Crippen LogP contribution in [0.25, 0.3) is 11.2 Å². The lowest BCUT2D eigenvalue weighted by atomic mass is 10.2. The van der Waals surface area contributed by atoms with Gasteiger partial charge >= 0.3 is 17.6 Å². The van der Waals surface area contributed by atoms with Crippen molar-refractivity contribution in [1.29, 1.82) is 0 Å². The third-order valence-electron chi connectivity index (χ3n) is 5.13. The lowest BCUT2D eigenvalue weighted by Gasteiger charge is -2.18. The maximum atomic E-state index is 12.2. The van der Waals surface area contributed by atoms with E-state index < -0.39 is 11.9 Å². The van der Waals surface area contributed by atoms with Crippen molar-refractivity contribution in [3.8, 4) is 5.75 Å². The molecule has 1 N–H and O–H groups in total. The molecule has 3 aromatic rings. The summed E-state index contributed by atoms with van der Waals surface area (Å²) in [5, 5.41) is 9.18. The molecule has 0 aliphatic heterocycles. The summed E-state index contributed by atoms with van der Waals surface area (Å²) in [4.78, 5) is 52.0. The molecule has 178 valence electrons. The van der Waals surface area contributed by atoms with Gasteiger partial charge in [-0.2, -0.15) is 0 Å². The molecule has 0 aliphatic carbocycles. The minimum absolute atomic E-state index is 0.0160. The first-order valence-corrected chi connectivity index (χ1v) is 10.5. The molecule has 0 fully saturated rings. The van der Waals surface area contributed by atoms with Crippen molar-refractivity contribution in [1.82, 2.24) is 23.6 Å². The van der Waals surface area contributed by atoms with Gasteiger partial charge in [0.25, 0.3) is 5.56 Å². The Bertz CT molecular complexity index is 1250. The van der Waals surface area contributed by atoms with Crippen LogP contribution < -0.4 is 11.2 Å². The molecular weight excluding hydrogens is 430 g/mol. The van der Waals surface area contributed by atoms with Crippen LogP contribution in [-0.4, -0.2) is 60.3 Å². The van der Waals surface area contributed by atoms with Crippen LogP contribution in [-0.2, 0) is 30.2 Å². The van der Waals surface area contributed by atoms with Gasteiger partial charge in [0, 0.05) is 34.1 Å². The summed E-state index contributed by atoms with van der Waals surface area (Å²) in [6.07, 6.45) is 1.63. The molecule has 33 heavy (non-hydrogen) atoms. The zero-order valence-corrected chi connectivity index (χ0v) is 19.4. The third kappa shape index (κ3) is 5.95. The number of carbonyl (C=O) groups is 2. The Balaban J connectivity index is 0.000000257. The van der Waals surface area contributed by atoms with Crippen LogP contribution in [0.15, 0.2) is 40.2 Å². The predicted octanol–water partition coefficient (Wildman–Crippen LogP) is 0.871. The monoisotopic (exact) mass is 459 g/mol. The normalized spacial score (nSPS) is 10.7. The van der Waals surface area contributed by atoms with Crippen LogP contribution >= 0.6 is 0 Å². The highest BCUT2D eigenvalue weighted by Gasteiger charge is 2.15. The molecule has 11 nitrogen and oxygen atoms in total. The molecule has 0 radical (unpaired) electrons. The number of aryl methyl sites for hydroxylation is 1. The van der Waals surface area contributed by atoms with Crippen LogP contribution in [0.2, 0.25) is 0 Å². The molecule has 1 aromatic carbocycles. The molecule has 11 heteroatoms. The van der Waals surface area contributed by atoms with Gasteiger partial charge in [-0.25, -0.2) is 14.6 Å². The number of phenolic OH excluding ortho intramolecular Hbond substituents is 1. The predicted molar refractivity (Wildman–Crippen MR) is 122 cm³/mol. The SMILES string of the molecule is CC(=O)OC(=O)c1ccccc1O.CCN(CC)CCn1cnc2c1c(=O)n(C)c(=O)n2C. The molecule has 0 atom stereocenters. The quantitative estimate of drug-likeness (QED) is 0.425. The van der Waals surface area contributed by atoms with E-state index in [1.54, 1.807) is 25.5 Å². The van der Waals surface area contributed by atoms with Crippen LogP contribution in [0.4, 0.5) is 0 Å². The van der Waals surface area contributed by atoms with Crippen molar-refractivity contribution in [2.24, 2.45) is 14.1 Å². The number of likely N-dealkylation sites (N-methyl/N-ethyl adjacent to an activating group) is 1. The smallest absolute Gasteiger partial charge is 0.349 e. The number of hydrogen-bond acceptors (Lipinski definition) is 8. The van der Waals surface area contributed by atoms with E-state index in [1.165, 1.54) is 23.7 Å². The molecule has 0 unspecified atom stereocenters. The van der Waals surface area contributed by atoms with E-state index in [-0.39, 0.29) is 22.6 Å². The fraction of sp³-hybridized carbons (Fsp3) is 0.409. The molecule has 2 heterocycles. The zero-order chi connectivity index (χ0) is 24.7. The van der Waals surface area contributed by atoms with E-state index in [1.807, 2.05) is 4.57 Å². The average Bonchev–Trinajstić information content (AvgIpc) is 3.21. The van der Waals surface area contributed by atoms with Crippen LogP contribution in [0.5, 0.6) is 5.75 Å². The molecule has 0 amide bonds. The number of benzene rings is 1. The first kappa shape index (κ1) is 25.5. The van der Waals surface area contributed by atoms with Gasteiger partial charge in [-0.05, 0) is 25.2 Å². The van der Waals surface area contributed by atoms with E-state index in [2.05, 4.69) is 28.5 Å². The number of nitrogens with zero attached hydrogens (tertiary/aromatic N) is 5. The molecule has 0 aliphatic rings. The van der Waals surface area contributed by atoms with Crippen molar-refractivity contribution < 1.29 is 19.4 Å². The van der Waals surface area contributed by atoms with Crippen LogP contribution in [0.1, 0.15) is 31.1 Å². The highest BCUT2D eigenvalue weighted by molar-refractivity contribution is 5.98. The second-order valence-corrected chi connectivity index (χ2v) is 7.24. The Hall–Kier alpha value is -3.73. The van der Waals surface area contributed by atoms with Crippen molar-refractivity contribution >= 4 is 23.1 Å². The number of aromatic hydroxyl groups is 1. The topological polar surface area (TPSA) is 129 Å². The molecular formula is C22H29N5O6. The number of rotatable bonds is 6. The summed E-state index contributed by atoms with van der Waals surface area (Å²) in [5.41, 5.74) is 0.272. The largest absolute Gasteiger partial charge is 0.507 e. The summed E-state index contributed by atoms with van der Waals surface area (Å²) in [7, 11) is 3.12. The van der Waals surface area contributed by atoms with Crippen molar-refractivity contribution in [2.75, 3.05) is 19.6 Å². The number of fused-ring (bicyclic) bond motifs is 1. The van der Waals surface area contributed by atoms with Crippen LogP contribution in [0.3, 0.4) is 0 Å². The summed E-state index contributed by atoms with van der Waals surface area (Å²) in [6.45, 7) is 8.82. The number of ether oxygens (including phenoxy) is 1. The minimum Gasteiger partial charge on any atom is -0.507 e.